The number of likely N-dealkylation sites (tertiary alicyclic amines) is 1. The van der Waals surface area contributed by atoms with Gasteiger partial charge in [0.2, 0.25) is 5.95 Å². The predicted molar refractivity (Wildman–Crippen MR) is 136 cm³/mol. The minimum Gasteiger partial charge on any atom is -0.446 e. The van der Waals surface area contributed by atoms with Crippen molar-refractivity contribution in [3.63, 3.8) is 0 Å². The molecule has 0 unspecified atom stereocenters. The summed E-state index contributed by atoms with van der Waals surface area (Å²) in [6.45, 7) is 9.82. The fraction of sp³-hybridized carbons (Fsp3) is 0.577. The lowest BCUT2D eigenvalue weighted by Crippen LogP contribution is -2.65. The highest BCUT2D eigenvalue weighted by Crippen LogP contribution is 2.50. The Balaban J connectivity index is 1.10. The highest BCUT2D eigenvalue weighted by Gasteiger charge is 2.54. The van der Waals surface area contributed by atoms with E-state index < -0.39 is 9.84 Å². The zero-order chi connectivity index (χ0) is 25.5. The maximum atomic E-state index is 13.1. The Labute approximate surface area is 213 Å². The lowest BCUT2D eigenvalue weighted by atomic mass is 9.61. The molecule has 36 heavy (non-hydrogen) atoms. The molecule has 3 aliphatic rings. The van der Waals surface area contributed by atoms with E-state index in [0.717, 1.165) is 32.5 Å². The number of ether oxygens (including phenoxy) is 1. The first kappa shape index (κ1) is 25.0. The molecule has 1 aromatic heterocycles. The van der Waals surface area contributed by atoms with E-state index in [9.17, 15) is 13.2 Å². The fourth-order valence-electron chi connectivity index (χ4n) is 5.95. The van der Waals surface area contributed by atoms with Crippen molar-refractivity contribution in [3.05, 3.63) is 48.3 Å². The molecular weight excluding hydrogens is 478 g/mol. The molecular formula is C26H35N5O4S. The van der Waals surface area contributed by atoms with Gasteiger partial charge in [0, 0.05) is 38.1 Å². The van der Waals surface area contributed by atoms with E-state index in [0.29, 0.717) is 24.5 Å². The maximum absolute atomic E-state index is 13.1. The summed E-state index contributed by atoms with van der Waals surface area (Å²) in [6.07, 6.45) is 4.35. The van der Waals surface area contributed by atoms with Crippen LogP contribution in [0.15, 0.2) is 47.6 Å². The van der Waals surface area contributed by atoms with E-state index >= 15 is 0 Å². The van der Waals surface area contributed by atoms with Crippen LogP contribution in [0.5, 0.6) is 0 Å². The van der Waals surface area contributed by atoms with Crippen LogP contribution in [0.3, 0.4) is 0 Å². The third-order valence-electron chi connectivity index (χ3n) is 7.72. The van der Waals surface area contributed by atoms with Gasteiger partial charge in [-0.15, -0.1) is 0 Å². The molecule has 1 aromatic carbocycles. The average Bonchev–Trinajstić information content (AvgIpc) is 2.81. The van der Waals surface area contributed by atoms with Gasteiger partial charge in [-0.1, -0.05) is 37.3 Å². The van der Waals surface area contributed by atoms with Crippen molar-refractivity contribution in [3.8, 4) is 0 Å². The van der Waals surface area contributed by atoms with Crippen molar-refractivity contribution in [2.24, 2.45) is 5.41 Å². The van der Waals surface area contributed by atoms with Crippen molar-refractivity contribution in [1.82, 2.24) is 19.8 Å². The molecule has 1 saturated carbocycles. The van der Waals surface area contributed by atoms with Crippen molar-refractivity contribution in [2.45, 2.75) is 63.2 Å². The molecule has 1 spiro atoms. The van der Waals surface area contributed by atoms with E-state index in [4.69, 9.17) is 4.74 Å². The topological polar surface area (TPSA) is 95.9 Å². The highest BCUT2D eigenvalue weighted by atomic mass is 32.2. The summed E-state index contributed by atoms with van der Waals surface area (Å²) in [5.41, 5.74) is 1.65. The number of hydrogen-bond donors (Lipinski definition) is 0. The summed E-state index contributed by atoms with van der Waals surface area (Å²) in [7, 11) is -3.34. The largest absolute Gasteiger partial charge is 0.446 e. The molecule has 2 aromatic rings. The van der Waals surface area contributed by atoms with E-state index in [1.807, 2.05) is 29.7 Å². The van der Waals surface area contributed by atoms with E-state index in [1.165, 1.54) is 18.0 Å². The molecule has 0 bridgehead atoms. The molecule has 1 amide bonds. The lowest BCUT2D eigenvalue weighted by molar-refractivity contribution is -0.137. The van der Waals surface area contributed by atoms with Crippen LogP contribution in [0.25, 0.3) is 0 Å². The number of carbonyl (C=O) groups is 1. The third-order valence-corrected chi connectivity index (χ3v) is 9.41. The second-order valence-electron chi connectivity index (χ2n) is 10.7. The average molecular weight is 514 g/mol. The number of nitrogens with zero attached hydrogens (tertiary/aromatic N) is 5. The van der Waals surface area contributed by atoms with E-state index in [1.54, 1.807) is 6.92 Å². The number of benzene rings is 1. The number of sulfone groups is 1. The molecule has 1 aliphatic carbocycles. The summed E-state index contributed by atoms with van der Waals surface area (Å²) in [5.74, 6) is 0.487. The molecule has 9 nitrogen and oxygen atoms in total. The Kier molecular flexibility index (Phi) is 6.67. The molecule has 2 atom stereocenters. The Bertz CT molecular complexity index is 1160. The first-order valence-electron chi connectivity index (χ1n) is 12.7. The Morgan fingerprint density at radius 1 is 1.06 bits per heavy atom. The van der Waals surface area contributed by atoms with Gasteiger partial charge in [0.25, 0.3) is 0 Å². The van der Waals surface area contributed by atoms with Crippen LogP contribution in [0.2, 0.25) is 0 Å². The van der Waals surface area contributed by atoms with Crippen molar-refractivity contribution in [2.75, 3.05) is 36.8 Å². The zero-order valence-electron chi connectivity index (χ0n) is 21.2. The monoisotopic (exact) mass is 513 g/mol. The van der Waals surface area contributed by atoms with Gasteiger partial charge in [-0.3, -0.25) is 9.80 Å². The molecule has 194 valence electrons. The molecule has 5 rings (SSSR count). The Morgan fingerprint density at radius 2 is 1.67 bits per heavy atom. The second kappa shape index (κ2) is 9.63. The molecule has 0 N–H and O–H groups in total. The standard InChI is InChI=1S/C26H35N5O4S/c1-4-36(33,34)23-12-27-24(28-13-23)30-14-19(2)31(20(3)15-30)25(32)35-22-10-26(11-22)17-29(18-26)16-21-8-6-5-7-9-21/h5-9,12-13,19-20,22H,4,10-11,14-18H2,1-3H3/t19-,20+. The SMILES string of the molecule is CCS(=O)(=O)c1cnc(N2C[C@@H](C)N(C(=O)OC3CC4(C3)CN(Cc3ccccc3)C4)[C@@H](C)C2)nc1. The van der Waals surface area contributed by atoms with Crippen molar-refractivity contribution < 1.29 is 17.9 Å². The molecule has 2 aliphatic heterocycles. The van der Waals surface area contributed by atoms with Gasteiger partial charge in [0.05, 0.1) is 30.2 Å². The maximum Gasteiger partial charge on any atom is 0.410 e. The number of anilines is 1. The van der Waals surface area contributed by atoms with Crippen molar-refractivity contribution >= 4 is 21.9 Å². The highest BCUT2D eigenvalue weighted by molar-refractivity contribution is 7.91. The first-order valence-corrected chi connectivity index (χ1v) is 14.4. The summed E-state index contributed by atoms with van der Waals surface area (Å²) < 4.78 is 30.0. The van der Waals surface area contributed by atoms with Crippen LogP contribution in [-0.2, 0) is 21.1 Å². The zero-order valence-corrected chi connectivity index (χ0v) is 22.0. The second-order valence-corrected chi connectivity index (χ2v) is 13.0. The molecule has 3 fully saturated rings. The normalized spacial score (nSPS) is 24.3. The van der Waals surface area contributed by atoms with Crippen LogP contribution in [0, 0.1) is 5.41 Å². The van der Waals surface area contributed by atoms with E-state index in [-0.39, 0.29) is 34.9 Å². The number of aromatic nitrogens is 2. The number of piperazine rings is 1. The van der Waals surface area contributed by atoms with Gasteiger partial charge in [-0.2, -0.15) is 0 Å². The smallest absolute Gasteiger partial charge is 0.410 e. The van der Waals surface area contributed by atoms with Crippen molar-refractivity contribution in [1.29, 1.82) is 0 Å². The van der Waals surface area contributed by atoms with Crippen LogP contribution in [-0.4, -0.2) is 84.4 Å². The molecule has 10 heteroatoms. The molecule has 3 heterocycles. The van der Waals surface area contributed by atoms with Crippen LogP contribution in [0.4, 0.5) is 10.7 Å². The molecule has 0 radical (unpaired) electrons. The van der Waals surface area contributed by atoms with Crippen LogP contribution < -0.4 is 4.90 Å². The minimum absolute atomic E-state index is 0.00908. The van der Waals surface area contributed by atoms with E-state index in [2.05, 4.69) is 39.1 Å². The van der Waals surface area contributed by atoms with Gasteiger partial charge in [0.1, 0.15) is 11.0 Å². The van der Waals surface area contributed by atoms with Gasteiger partial charge in [-0.05, 0) is 32.3 Å². The van der Waals surface area contributed by atoms with Gasteiger partial charge < -0.3 is 9.64 Å². The third kappa shape index (κ3) is 4.93. The number of rotatable bonds is 6. The quantitative estimate of drug-likeness (QED) is 0.582. The summed E-state index contributed by atoms with van der Waals surface area (Å²) >= 11 is 0. The van der Waals surface area contributed by atoms with Gasteiger partial charge >= 0.3 is 6.09 Å². The predicted octanol–water partition coefficient (Wildman–Crippen LogP) is 2.97. The number of amides is 1. The fourth-order valence-corrected chi connectivity index (χ4v) is 6.71. The number of hydrogen-bond acceptors (Lipinski definition) is 8. The van der Waals surface area contributed by atoms with Crippen LogP contribution in [0.1, 0.15) is 39.2 Å². The van der Waals surface area contributed by atoms with Gasteiger partial charge in [-0.25, -0.2) is 23.2 Å². The summed E-state index contributed by atoms with van der Waals surface area (Å²) in [5, 5.41) is 0. The Morgan fingerprint density at radius 3 is 2.25 bits per heavy atom. The first-order chi connectivity index (χ1) is 17.2. The van der Waals surface area contributed by atoms with Crippen LogP contribution >= 0.6 is 0 Å². The summed E-state index contributed by atoms with van der Waals surface area (Å²) in [4.78, 5) is 28.0. The summed E-state index contributed by atoms with van der Waals surface area (Å²) in [6, 6.07) is 10.4. The lowest BCUT2D eigenvalue weighted by Gasteiger charge is -2.58. The number of carbonyl (C=O) groups excluding carboxylic acids is 1. The molecule has 2 saturated heterocycles. The van der Waals surface area contributed by atoms with Gasteiger partial charge in [0.15, 0.2) is 9.84 Å². The Hall–Kier alpha value is -2.72. The minimum atomic E-state index is -3.34.